The van der Waals surface area contributed by atoms with Crippen LogP contribution >= 0.6 is 31.9 Å². The van der Waals surface area contributed by atoms with Gasteiger partial charge >= 0.3 is 0 Å². The van der Waals surface area contributed by atoms with E-state index in [2.05, 4.69) is 31.9 Å². The highest BCUT2D eigenvalue weighted by molar-refractivity contribution is 9.10. The molecule has 0 amide bonds. The third-order valence-corrected chi connectivity index (χ3v) is 4.02. The van der Waals surface area contributed by atoms with Gasteiger partial charge in [0.1, 0.15) is 5.75 Å². The molecule has 0 aliphatic rings. The highest BCUT2D eigenvalue weighted by Gasteiger charge is 2.02. The van der Waals surface area contributed by atoms with Crippen LogP contribution < -0.4 is 4.74 Å². The number of allylic oxidation sites excluding steroid dienone is 1. The number of alkyl halides is 1. The maximum Gasteiger partial charge on any atom is 0.185 e. The topological polar surface area (TPSA) is 26.3 Å². The zero-order valence-electron chi connectivity index (χ0n) is 12.0. The van der Waals surface area contributed by atoms with Crippen LogP contribution in [0, 0.1) is 0 Å². The number of carbonyl (C=O) groups excluding carboxylic acids is 1. The first-order chi connectivity index (χ1) is 10.7. The van der Waals surface area contributed by atoms with Crippen LogP contribution in [0.4, 0.5) is 0 Å². The molecule has 0 aromatic heterocycles. The maximum atomic E-state index is 12.1. The summed E-state index contributed by atoms with van der Waals surface area (Å²) in [7, 11) is 0. The zero-order chi connectivity index (χ0) is 15.8. The highest BCUT2D eigenvalue weighted by Crippen LogP contribution is 2.15. The molecule has 0 heterocycles. The van der Waals surface area contributed by atoms with Gasteiger partial charge in [-0.25, -0.2) is 0 Å². The van der Waals surface area contributed by atoms with Crippen molar-refractivity contribution in [1.82, 2.24) is 0 Å². The molecule has 4 heteroatoms. The third-order valence-electron chi connectivity index (χ3n) is 2.96. The molecule has 114 valence electrons. The number of hydrogen-bond donors (Lipinski definition) is 0. The quantitative estimate of drug-likeness (QED) is 0.254. The van der Waals surface area contributed by atoms with Crippen molar-refractivity contribution in [2.75, 3.05) is 11.9 Å². The van der Waals surface area contributed by atoms with Crippen LogP contribution in [0.5, 0.6) is 5.75 Å². The fourth-order valence-electron chi connectivity index (χ4n) is 1.84. The van der Waals surface area contributed by atoms with Gasteiger partial charge in [-0.1, -0.05) is 50.1 Å². The highest BCUT2D eigenvalue weighted by atomic mass is 79.9. The van der Waals surface area contributed by atoms with Gasteiger partial charge in [-0.15, -0.1) is 0 Å². The molecule has 0 N–H and O–H groups in total. The van der Waals surface area contributed by atoms with Crippen LogP contribution in [0.3, 0.4) is 0 Å². The lowest BCUT2D eigenvalue weighted by molar-refractivity contribution is 0.104. The van der Waals surface area contributed by atoms with Crippen molar-refractivity contribution in [3.8, 4) is 5.75 Å². The average Bonchev–Trinajstić information content (AvgIpc) is 2.54. The summed E-state index contributed by atoms with van der Waals surface area (Å²) in [6.45, 7) is 0.668. The first-order valence-electron chi connectivity index (χ1n) is 6.96. The number of benzene rings is 2. The monoisotopic (exact) mass is 422 g/mol. The van der Waals surface area contributed by atoms with Gasteiger partial charge in [-0.05, 0) is 54.5 Å². The Balaban J connectivity index is 1.97. The van der Waals surface area contributed by atoms with Gasteiger partial charge < -0.3 is 4.74 Å². The van der Waals surface area contributed by atoms with E-state index in [1.165, 1.54) is 0 Å². The standard InChI is InChI=1S/C18H16Br2O2/c19-11-2-12-22-17-8-6-15(7-9-17)18(21)10-5-14-3-1-4-16(20)13-14/h1,3-10,13H,2,11-12H2/b10-5+. The lowest BCUT2D eigenvalue weighted by Crippen LogP contribution is -1.99. The molecule has 22 heavy (non-hydrogen) atoms. The predicted molar refractivity (Wildman–Crippen MR) is 97.9 cm³/mol. The molecule has 0 bridgehead atoms. The third kappa shape index (κ3) is 5.43. The molecule has 0 atom stereocenters. The molecule has 2 nitrogen and oxygen atoms in total. The summed E-state index contributed by atoms with van der Waals surface area (Å²) in [4.78, 5) is 12.1. The average molecular weight is 424 g/mol. The minimum absolute atomic E-state index is 0.0213. The van der Waals surface area contributed by atoms with Crippen molar-refractivity contribution in [2.24, 2.45) is 0 Å². The zero-order valence-corrected chi connectivity index (χ0v) is 15.1. The van der Waals surface area contributed by atoms with E-state index in [0.29, 0.717) is 12.2 Å². The normalized spacial score (nSPS) is 10.8. The van der Waals surface area contributed by atoms with Crippen LogP contribution in [0.2, 0.25) is 0 Å². The van der Waals surface area contributed by atoms with Gasteiger partial charge in [0.2, 0.25) is 0 Å². The molecule has 0 radical (unpaired) electrons. The van der Waals surface area contributed by atoms with Crippen molar-refractivity contribution in [3.63, 3.8) is 0 Å². The van der Waals surface area contributed by atoms with Crippen molar-refractivity contribution in [3.05, 3.63) is 70.2 Å². The Bertz CT molecular complexity index is 648. The van der Waals surface area contributed by atoms with Crippen LogP contribution in [-0.4, -0.2) is 17.7 Å². The summed E-state index contributed by atoms with van der Waals surface area (Å²) in [6.07, 6.45) is 4.35. The first-order valence-corrected chi connectivity index (χ1v) is 8.87. The van der Waals surface area contributed by atoms with E-state index in [1.807, 2.05) is 42.5 Å². The molecule has 0 saturated heterocycles. The molecule has 0 aliphatic heterocycles. The molecule has 0 unspecified atom stereocenters. The van der Waals surface area contributed by atoms with Crippen LogP contribution in [0.25, 0.3) is 6.08 Å². The second-order valence-electron chi connectivity index (χ2n) is 4.67. The molecule has 0 fully saturated rings. The minimum Gasteiger partial charge on any atom is -0.494 e. The minimum atomic E-state index is -0.0213. The van der Waals surface area contributed by atoms with Crippen molar-refractivity contribution < 1.29 is 9.53 Å². The smallest absolute Gasteiger partial charge is 0.185 e. The summed E-state index contributed by atoms with van der Waals surface area (Å²) < 4.78 is 6.55. The van der Waals surface area contributed by atoms with Crippen molar-refractivity contribution >= 4 is 43.7 Å². The summed E-state index contributed by atoms with van der Waals surface area (Å²) in [6, 6.07) is 15.0. The second-order valence-corrected chi connectivity index (χ2v) is 6.38. The number of hydrogen-bond acceptors (Lipinski definition) is 2. The number of carbonyl (C=O) groups is 1. The van der Waals surface area contributed by atoms with Crippen LogP contribution in [-0.2, 0) is 0 Å². The predicted octanol–water partition coefficient (Wildman–Crippen LogP) is 5.51. The Kier molecular flexibility index (Phi) is 6.87. The Morgan fingerprint density at radius 2 is 1.91 bits per heavy atom. The number of rotatable bonds is 7. The van der Waals surface area contributed by atoms with Crippen molar-refractivity contribution in [2.45, 2.75) is 6.42 Å². The Morgan fingerprint density at radius 3 is 2.59 bits per heavy atom. The summed E-state index contributed by atoms with van der Waals surface area (Å²) in [5, 5.41) is 0.921. The summed E-state index contributed by atoms with van der Waals surface area (Å²) in [5.74, 6) is 0.764. The number of ether oxygens (including phenoxy) is 1. The van der Waals surface area contributed by atoms with E-state index in [0.717, 1.165) is 27.5 Å². The molecule has 0 spiro atoms. The van der Waals surface area contributed by atoms with Gasteiger partial charge in [0.15, 0.2) is 5.78 Å². The Labute approximate surface area is 147 Å². The van der Waals surface area contributed by atoms with E-state index in [9.17, 15) is 4.79 Å². The number of ketones is 1. The fraction of sp³-hybridized carbons (Fsp3) is 0.167. The fourth-order valence-corrected chi connectivity index (χ4v) is 2.48. The number of halogens is 2. The second kappa shape index (κ2) is 8.91. The molecular weight excluding hydrogens is 408 g/mol. The molecule has 0 aliphatic carbocycles. The van der Waals surface area contributed by atoms with E-state index < -0.39 is 0 Å². The van der Waals surface area contributed by atoms with E-state index in [4.69, 9.17) is 4.74 Å². The van der Waals surface area contributed by atoms with Crippen LogP contribution in [0.1, 0.15) is 22.3 Å². The SMILES string of the molecule is O=C(/C=C/c1cccc(Br)c1)c1ccc(OCCCBr)cc1. The summed E-state index contributed by atoms with van der Waals surface area (Å²) in [5.41, 5.74) is 1.64. The van der Waals surface area contributed by atoms with E-state index in [1.54, 1.807) is 18.2 Å². The molecule has 2 aromatic rings. The van der Waals surface area contributed by atoms with Gasteiger partial charge in [0.25, 0.3) is 0 Å². The molecule has 2 aromatic carbocycles. The Morgan fingerprint density at radius 1 is 1.14 bits per heavy atom. The van der Waals surface area contributed by atoms with E-state index in [-0.39, 0.29) is 5.78 Å². The molecule has 2 rings (SSSR count). The maximum absolute atomic E-state index is 12.1. The lowest BCUT2D eigenvalue weighted by Gasteiger charge is -2.05. The largest absolute Gasteiger partial charge is 0.494 e. The van der Waals surface area contributed by atoms with E-state index >= 15 is 0 Å². The molecule has 0 saturated carbocycles. The van der Waals surface area contributed by atoms with Gasteiger partial charge in [0, 0.05) is 15.4 Å². The Hall–Kier alpha value is -1.39. The van der Waals surface area contributed by atoms with Gasteiger partial charge in [0.05, 0.1) is 6.61 Å². The van der Waals surface area contributed by atoms with Gasteiger partial charge in [-0.3, -0.25) is 4.79 Å². The first kappa shape index (κ1) is 17.0. The van der Waals surface area contributed by atoms with Gasteiger partial charge in [-0.2, -0.15) is 0 Å². The molecular formula is C18H16Br2O2. The van der Waals surface area contributed by atoms with Crippen LogP contribution in [0.15, 0.2) is 59.1 Å². The lowest BCUT2D eigenvalue weighted by atomic mass is 10.1. The van der Waals surface area contributed by atoms with Crippen molar-refractivity contribution in [1.29, 1.82) is 0 Å². The summed E-state index contributed by atoms with van der Waals surface area (Å²) >= 11 is 6.77.